The summed E-state index contributed by atoms with van der Waals surface area (Å²) in [6.45, 7) is 0. The van der Waals surface area contributed by atoms with Gasteiger partial charge in [-0.3, -0.25) is 0 Å². The first kappa shape index (κ1) is 14.1. The van der Waals surface area contributed by atoms with E-state index in [4.69, 9.17) is 4.74 Å². The summed E-state index contributed by atoms with van der Waals surface area (Å²) >= 11 is 0. The van der Waals surface area contributed by atoms with E-state index in [1.807, 2.05) is 0 Å². The maximum absolute atomic E-state index is 6.41. The number of ether oxygens (including phenoxy) is 1. The molecule has 2 unspecified atom stereocenters. The molecule has 1 aliphatic heterocycles. The van der Waals surface area contributed by atoms with E-state index in [0.717, 1.165) is 5.75 Å². The standard InChI is InChI=1S/C25H18O/c1-3-11-19-17(9-1)18-10-2-4-12-20(18)25(19)21-13-5-7-15-23(21)26-24-16-8-6-14-22(24)25/h1-16,21,23H. The summed E-state index contributed by atoms with van der Waals surface area (Å²) < 4.78 is 6.41. The molecular formula is C25H18O. The fraction of sp³-hybridized carbons (Fsp3) is 0.120. The Morgan fingerprint density at radius 1 is 0.615 bits per heavy atom. The van der Waals surface area contributed by atoms with Crippen molar-refractivity contribution in [1.29, 1.82) is 0 Å². The Hall–Kier alpha value is -3.06. The second kappa shape index (κ2) is 4.98. The van der Waals surface area contributed by atoms with Crippen LogP contribution < -0.4 is 4.74 Å². The van der Waals surface area contributed by atoms with Crippen LogP contribution >= 0.6 is 0 Å². The lowest BCUT2D eigenvalue weighted by molar-refractivity contribution is 0.141. The molecule has 6 rings (SSSR count). The molecule has 3 aromatic rings. The molecule has 26 heavy (non-hydrogen) atoms. The molecule has 124 valence electrons. The van der Waals surface area contributed by atoms with Crippen molar-refractivity contribution in [2.45, 2.75) is 11.5 Å². The van der Waals surface area contributed by atoms with Crippen molar-refractivity contribution >= 4 is 0 Å². The molecule has 0 aromatic heterocycles. The van der Waals surface area contributed by atoms with E-state index in [-0.39, 0.29) is 17.4 Å². The maximum atomic E-state index is 6.41. The normalized spacial score (nSPS) is 22.9. The zero-order valence-corrected chi connectivity index (χ0v) is 14.3. The second-order valence-electron chi connectivity index (χ2n) is 7.27. The van der Waals surface area contributed by atoms with Crippen LogP contribution in [0.1, 0.15) is 16.7 Å². The molecule has 3 aliphatic rings. The van der Waals surface area contributed by atoms with Gasteiger partial charge < -0.3 is 4.74 Å². The molecule has 0 saturated carbocycles. The number of allylic oxidation sites excluding steroid dienone is 2. The lowest BCUT2D eigenvalue weighted by atomic mass is 9.60. The highest BCUT2D eigenvalue weighted by Gasteiger charge is 2.55. The first-order valence-corrected chi connectivity index (χ1v) is 9.21. The summed E-state index contributed by atoms with van der Waals surface area (Å²) in [5.74, 6) is 1.24. The highest BCUT2D eigenvalue weighted by molar-refractivity contribution is 5.85. The fourth-order valence-electron chi connectivity index (χ4n) is 5.23. The van der Waals surface area contributed by atoms with Crippen LogP contribution in [-0.2, 0) is 5.41 Å². The summed E-state index contributed by atoms with van der Waals surface area (Å²) in [5.41, 5.74) is 6.56. The van der Waals surface area contributed by atoms with Gasteiger partial charge in [-0.2, -0.15) is 0 Å². The number of benzene rings is 3. The van der Waals surface area contributed by atoms with Crippen LogP contribution in [-0.4, -0.2) is 6.10 Å². The summed E-state index contributed by atoms with van der Waals surface area (Å²) in [6, 6.07) is 26.3. The number of fused-ring (bicyclic) bond motifs is 9. The predicted octanol–water partition coefficient (Wildman–Crippen LogP) is 5.50. The molecule has 2 aliphatic carbocycles. The molecule has 2 atom stereocenters. The van der Waals surface area contributed by atoms with Crippen molar-refractivity contribution in [3.8, 4) is 16.9 Å². The molecule has 1 heterocycles. The molecular weight excluding hydrogens is 316 g/mol. The summed E-state index contributed by atoms with van der Waals surface area (Å²) in [7, 11) is 0. The summed E-state index contributed by atoms with van der Waals surface area (Å²) in [6.07, 6.45) is 8.86. The smallest absolute Gasteiger partial charge is 0.125 e. The van der Waals surface area contributed by atoms with Crippen LogP contribution in [0.15, 0.2) is 97.1 Å². The van der Waals surface area contributed by atoms with Crippen LogP contribution in [0.25, 0.3) is 11.1 Å². The van der Waals surface area contributed by atoms with Crippen LogP contribution in [0.4, 0.5) is 0 Å². The van der Waals surface area contributed by atoms with Crippen LogP contribution in [0.2, 0.25) is 0 Å². The van der Waals surface area contributed by atoms with Crippen molar-refractivity contribution in [3.05, 3.63) is 114 Å². The van der Waals surface area contributed by atoms with Crippen molar-refractivity contribution in [2.24, 2.45) is 5.92 Å². The number of rotatable bonds is 0. The van der Waals surface area contributed by atoms with Gasteiger partial charge in [0.1, 0.15) is 11.9 Å². The molecule has 0 amide bonds. The quantitative estimate of drug-likeness (QED) is 0.527. The van der Waals surface area contributed by atoms with Gasteiger partial charge >= 0.3 is 0 Å². The molecule has 0 N–H and O–H groups in total. The van der Waals surface area contributed by atoms with Crippen LogP contribution in [0.3, 0.4) is 0 Å². The van der Waals surface area contributed by atoms with Gasteiger partial charge in [-0.15, -0.1) is 0 Å². The zero-order chi connectivity index (χ0) is 17.1. The third-order valence-electron chi connectivity index (χ3n) is 6.15. The van der Waals surface area contributed by atoms with Gasteiger partial charge in [0.15, 0.2) is 0 Å². The number of para-hydroxylation sites is 1. The molecule has 1 nitrogen and oxygen atoms in total. The Labute approximate surface area is 153 Å². The van der Waals surface area contributed by atoms with Crippen molar-refractivity contribution in [3.63, 3.8) is 0 Å². The van der Waals surface area contributed by atoms with E-state index in [1.54, 1.807) is 0 Å². The Balaban J connectivity index is 1.80. The van der Waals surface area contributed by atoms with Gasteiger partial charge in [-0.05, 0) is 34.4 Å². The van der Waals surface area contributed by atoms with Crippen molar-refractivity contribution in [2.75, 3.05) is 0 Å². The molecule has 1 spiro atoms. The highest BCUT2D eigenvalue weighted by atomic mass is 16.5. The van der Waals surface area contributed by atoms with Gasteiger partial charge in [0.25, 0.3) is 0 Å². The molecule has 0 fully saturated rings. The van der Waals surface area contributed by atoms with E-state index in [2.05, 4.69) is 97.1 Å². The Kier molecular flexibility index (Phi) is 2.71. The minimum absolute atomic E-state index is 0.0501. The lowest BCUT2D eigenvalue weighted by Crippen LogP contribution is -2.47. The SMILES string of the molecule is C1=CC2Oc3ccccc3C3(c4ccccc4-c4ccccc43)C2C=C1. The second-order valence-corrected chi connectivity index (χ2v) is 7.27. The molecule has 0 saturated heterocycles. The minimum atomic E-state index is -0.200. The molecule has 1 heteroatoms. The van der Waals surface area contributed by atoms with Crippen LogP contribution in [0.5, 0.6) is 5.75 Å². The Bertz CT molecular complexity index is 1040. The van der Waals surface area contributed by atoms with Crippen molar-refractivity contribution in [1.82, 2.24) is 0 Å². The fourth-order valence-corrected chi connectivity index (χ4v) is 5.23. The molecule has 0 bridgehead atoms. The number of hydrogen-bond donors (Lipinski definition) is 0. The predicted molar refractivity (Wildman–Crippen MR) is 104 cm³/mol. The molecule has 3 aromatic carbocycles. The third-order valence-corrected chi connectivity index (χ3v) is 6.15. The van der Waals surface area contributed by atoms with E-state index >= 15 is 0 Å². The van der Waals surface area contributed by atoms with E-state index < -0.39 is 0 Å². The lowest BCUT2D eigenvalue weighted by Gasteiger charge is -2.47. The average molecular weight is 334 g/mol. The first-order chi connectivity index (χ1) is 12.9. The first-order valence-electron chi connectivity index (χ1n) is 9.21. The topological polar surface area (TPSA) is 9.23 Å². The van der Waals surface area contributed by atoms with Crippen LogP contribution in [0, 0.1) is 5.92 Å². The van der Waals surface area contributed by atoms with Gasteiger partial charge in [-0.25, -0.2) is 0 Å². The maximum Gasteiger partial charge on any atom is 0.125 e. The summed E-state index contributed by atoms with van der Waals surface area (Å²) in [4.78, 5) is 0. The van der Waals surface area contributed by atoms with Gasteiger partial charge in [0.05, 0.1) is 5.41 Å². The minimum Gasteiger partial charge on any atom is -0.485 e. The average Bonchev–Trinajstić information content (AvgIpc) is 3.00. The Morgan fingerprint density at radius 2 is 1.19 bits per heavy atom. The van der Waals surface area contributed by atoms with Gasteiger partial charge in [0.2, 0.25) is 0 Å². The monoisotopic (exact) mass is 334 g/mol. The molecule has 0 radical (unpaired) electrons. The summed E-state index contributed by atoms with van der Waals surface area (Å²) in [5, 5.41) is 0. The zero-order valence-electron chi connectivity index (χ0n) is 14.3. The van der Waals surface area contributed by atoms with E-state index in [0.29, 0.717) is 0 Å². The highest BCUT2D eigenvalue weighted by Crippen LogP contribution is 2.61. The van der Waals surface area contributed by atoms with Crippen molar-refractivity contribution < 1.29 is 4.74 Å². The largest absolute Gasteiger partial charge is 0.485 e. The number of hydrogen-bond acceptors (Lipinski definition) is 1. The van der Waals surface area contributed by atoms with Gasteiger partial charge in [-0.1, -0.05) is 85.0 Å². The van der Waals surface area contributed by atoms with E-state index in [9.17, 15) is 0 Å². The third kappa shape index (κ3) is 1.56. The van der Waals surface area contributed by atoms with Gasteiger partial charge in [0, 0.05) is 11.5 Å². The Morgan fingerprint density at radius 3 is 1.92 bits per heavy atom. The van der Waals surface area contributed by atoms with E-state index in [1.165, 1.54) is 27.8 Å².